The molecule has 0 spiro atoms. The summed E-state index contributed by atoms with van der Waals surface area (Å²) in [5, 5.41) is 11.5. The molecule has 0 aliphatic heterocycles. The van der Waals surface area contributed by atoms with Crippen LogP contribution in [-0.4, -0.2) is 23.5 Å². The van der Waals surface area contributed by atoms with Crippen LogP contribution >= 0.6 is 0 Å². The fourth-order valence-electron chi connectivity index (χ4n) is 1.15. The SMILES string of the molecule is CCO/C(CC(=O)c1ccccc1)=N/O. The predicted molar refractivity (Wildman–Crippen MR) is 56.2 cm³/mol. The fraction of sp³-hybridized carbons (Fsp3) is 0.273. The van der Waals surface area contributed by atoms with E-state index in [1.54, 1.807) is 31.2 Å². The molecule has 0 unspecified atom stereocenters. The summed E-state index contributed by atoms with van der Waals surface area (Å²) in [4.78, 5) is 11.6. The summed E-state index contributed by atoms with van der Waals surface area (Å²) in [6, 6.07) is 8.82. The molecule has 1 aromatic rings. The van der Waals surface area contributed by atoms with Gasteiger partial charge in [0.2, 0.25) is 5.90 Å². The number of ether oxygens (including phenoxy) is 1. The van der Waals surface area contributed by atoms with Crippen molar-refractivity contribution in [3.63, 3.8) is 0 Å². The van der Waals surface area contributed by atoms with Gasteiger partial charge in [0, 0.05) is 5.56 Å². The van der Waals surface area contributed by atoms with Gasteiger partial charge in [-0.05, 0) is 6.92 Å². The first-order valence-corrected chi connectivity index (χ1v) is 4.70. The van der Waals surface area contributed by atoms with Crippen molar-refractivity contribution in [2.75, 3.05) is 6.61 Å². The average Bonchev–Trinajstić information content (AvgIpc) is 2.29. The van der Waals surface area contributed by atoms with Crippen molar-refractivity contribution in [3.05, 3.63) is 35.9 Å². The molecule has 0 bridgehead atoms. The van der Waals surface area contributed by atoms with E-state index in [1.807, 2.05) is 6.07 Å². The fourth-order valence-corrected chi connectivity index (χ4v) is 1.15. The van der Waals surface area contributed by atoms with E-state index in [-0.39, 0.29) is 18.1 Å². The highest BCUT2D eigenvalue weighted by Gasteiger charge is 2.10. The van der Waals surface area contributed by atoms with E-state index in [0.29, 0.717) is 12.2 Å². The number of nitrogens with zero attached hydrogens (tertiary/aromatic N) is 1. The molecule has 0 heterocycles. The van der Waals surface area contributed by atoms with Crippen LogP contribution in [0.4, 0.5) is 0 Å². The van der Waals surface area contributed by atoms with Gasteiger partial charge in [0.25, 0.3) is 0 Å². The van der Waals surface area contributed by atoms with Crippen molar-refractivity contribution >= 4 is 11.7 Å². The van der Waals surface area contributed by atoms with Gasteiger partial charge in [-0.15, -0.1) is 0 Å². The van der Waals surface area contributed by atoms with E-state index in [4.69, 9.17) is 9.94 Å². The van der Waals surface area contributed by atoms with Crippen LogP contribution in [0.15, 0.2) is 35.5 Å². The summed E-state index contributed by atoms with van der Waals surface area (Å²) in [5.74, 6) is -0.0804. The van der Waals surface area contributed by atoms with E-state index in [0.717, 1.165) is 0 Å². The molecular formula is C11H13NO3. The van der Waals surface area contributed by atoms with Crippen LogP contribution in [0, 0.1) is 0 Å². The molecule has 15 heavy (non-hydrogen) atoms. The van der Waals surface area contributed by atoms with E-state index < -0.39 is 0 Å². The van der Waals surface area contributed by atoms with Gasteiger partial charge >= 0.3 is 0 Å². The summed E-state index contributed by atoms with van der Waals surface area (Å²) >= 11 is 0. The number of carbonyl (C=O) groups excluding carboxylic acids is 1. The lowest BCUT2D eigenvalue weighted by atomic mass is 10.1. The lowest BCUT2D eigenvalue weighted by molar-refractivity contribution is 0.0990. The first kappa shape index (κ1) is 11.2. The number of ketones is 1. The van der Waals surface area contributed by atoms with Gasteiger partial charge in [0.15, 0.2) is 5.78 Å². The van der Waals surface area contributed by atoms with E-state index in [2.05, 4.69) is 5.16 Å². The van der Waals surface area contributed by atoms with Crippen LogP contribution in [0.2, 0.25) is 0 Å². The van der Waals surface area contributed by atoms with Crippen LogP contribution < -0.4 is 0 Å². The van der Waals surface area contributed by atoms with Gasteiger partial charge in [-0.25, -0.2) is 0 Å². The maximum atomic E-state index is 11.6. The first-order chi connectivity index (χ1) is 7.27. The van der Waals surface area contributed by atoms with E-state index >= 15 is 0 Å². The van der Waals surface area contributed by atoms with Crippen LogP contribution in [0.1, 0.15) is 23.7 Å². The van der Waals surface area contributed by atoms with Crippen LogP contribution in [0.5, 0.6) is 0 Å². The molecule has 0 aliphatic carbocycles. The molecule has 0 saturated heterocycles. The number of rotatable bonds is 4. The maximum absolute atomic E-state index is 11.6. The molecule has 0 fully saturated rings. The Labute approximate surface area is 88.2 Å². The smallest absolute Gasteiger partial charge is 0.233 e. The summed E-state index contributed by atoms with van der Waals surface area (Å²) in [7, 11) is 0. The molecule has 1 rings (SSSR count). The number of hydrogen-bond acceptors (Lipinski definition) is 4. The second kappa shape index (κ2) is 5.80. The van der Waals surface area contributed by atoms with Crippen molar-refractivity contribution in [1.29, 1.82) is 0 Å². The minimum Gasteiger partial charge on any atom is -0.479 e. The standard InChI is InChI=1S/C11H13NO3/c1-2-15-11(12-14)8-10(13)9-6-4-3-5-7-9/h3-7,14H,2,8H2,1H3/b12-11+. The van der Waals surface area contributed by atoms with E-state index in [1.165, 1.54) is 0 Å². The van der Waals surface area contributed by atoms with Crippen LogP contribution in [0.3, 0.4) is 0 Å². The Hall–Kier alpha value is -1.84. The number of oxime groups is 1. The highest BCUT2D eigenvalue weighted by atomic mass is 16.5. The zero-order valence-electron chi connectivity index (χ0n) is 8.51. The third-order valence-electron chi connectivity index (χ3n) is 1.83. The Balaban J connectivity index is 2.63. The molecule has 0 saturated carbocycles. The van der Waals surface area contributed by atoms with Crippen molar-refractivity contribution in [3.8, 4) is 0 Å². The third kappa shape index (κ3) is 3.42. The van der Waals surface area contributed by atoms with Crippen molar-refractivity contribution in [2.24, 2.45) is 5.16 Å². The summed E-state index contributed by atoms with van der Waals surface area (Å²) < 4.78 is 4.96. The van der Waals surface area contributed by atoms with Crippen molar-refractivity contribution in [2.45, 2.75) is 13.3 Å². The lowest BCUT2D eigenvalue weighted by Crippen LogP contribution is -2.11. The first-order valence-electron chi connectivity index (χ1n) is 4.70. The molecule has 1 N–H and O–H groups in total. The molecular weight excluding hydrogens is 194 g/mol. The molecule has 0 aromatic heterocycles. The summed E-state index contributed by atoms with van der Waals surface area (Å²) in [5.41, 5.74) is 0.582. The molecule has 4 heteroatoms. The lowest BCUT2D eigenvalue weighted by Gasteiger charge is -2.04. The van der Waals surface area contributed by atoms with Crippen molar-refractivity contribution < 1.29 is 14.7 Å². The maximum Gasteiger partial charge on any atom is 0.233 e. The Bertz CT molecular complexity index is 346. The third-order valence-corrected chi connectivity index (χ3v) is 1.83. The minimum atomic E-state index is -0.128. The Morgan fingerprint density at radius 3 is 2.60 bits per heavy atom. The zero-order chi connectivity index (χ0) is 11.1. The van der Waals surface area contributed by atoms with Gasteiger partial charge in [0.1, 0.15) is 0 Å². The molecule has 0 atom stereocenters. The quantitative estimate of drug-likeness (QED) is 0.270. The van der Waals surface area contributed by atoms with Gasteiger partial charge in [-0.1, -0.05) is 35.5 Å². The van der Waals surface area contributed by atoms with Crippen molar-refractivity contribution in [1.82, 2.24) is 0 Å². The van der Waals surface area contributed by atoms with E-state index in [9.17, 15) is 4.79 Å². The normalized spacial score (nSPS) is 11.1. The predicted octanol–water partition coefficient (Wildman–Crippen LogP) is 2.08. The monoisotopic (exact) mass is 207 g/mol. The number of carbonyl (C=O) groups is 1. The van der Waals surface area contributed by atoms with Gasteiger partial charge in [-0.2, -0.15) is 0 Å². The molecule has 0 amide bonds. The Kier molecular flexibility index (Phi) is 4.34. The molecule has 0 radical (unpaired) electrons. The molecule has 4 nitrogen and oxygen atoms in total. The second-order valence-electron chi connectivity index (χ2n) is 2.89. The second-order valence-corrected chi connectivity index (χ2v) is 2.89. The Morgan fingerprint density at radius 1 is 1.40 bits per heavy atom. The highest BCUT2D eigenvalue weighted by molar-refractivity contribution is 6.07. The Morgan fingerprint density at radius 2 is 2.07 bits per heavy atom. The zero-order valence-corrected chi connectivity index (χ0v) is 8.51. The van der Waals surface area contributed by atoms with Gasteiger partial charge < -0.3 is 9.94 Å². The highest BCUT2D eigenvalue weighted by Crippen LogP contribution is 2.04. The topological polar surface area (TPSA) is 58.9 Å². The number of Topliss-reactive ketones (excluding diaryl/α,β-unsaturated/α-hetero) is 1. The number of benzene rings is 1. The average molecular weight is 207 g/mol. The van der Waals surface area contributed by atoms with Crippen LogP contribution in [0.25, 0.3) is 0 Å². The van der Waals surface area contributed by atoms with Gasteiger partial charge in [-0.3, -0.25) is 4.79 Å². The molecule has 1 aromatic carbocycles. The summed E-state index contributed by atoms with van der Waals surface area (Å²) in [6.45, 7) is 2.14. The van der Waals surface area contributed by atoms with Gasteiger partial charge in [0.05, 0.1) is 13.0 Å². The largest absolute Gasteiger partial charge is 0.479 e. The van der Waals surface area contributed by atoms with Crippen LogP contribution in [-0.2, 0) is 4.74 Å². The summed E-state index contributed by atoms with van der Waals surface area (Å²) in [6.07, 6.45) is -0.0195. The molecule has 80 valence electrons. The minimum absolute atomic E-state index is 0.0195. The number of hydrogen-bond donors (Lipinski definition) is 1. The molecule has 0 aliphatic rings.